The van der Waals surface area contributed by atoms with E-state index in [9.17, 15) is 23.8 Å². The van der Waals surface area contributed by atoms with Crippen LogP contribution in [0.2, 0.25) is 0 Å². The lowest BCUT2D eigenvalue weighted by Gasteiger charge is -2.32. The van der Waals surface area contributed by atoms with Crippen molar-refractivity contribution in [1.82, 2.24) is 4.98 Å². The zero-order valence-corrected chi connectivity index (χ0v) is 20.9. The van der Waals surface area contributed by atoms with Gasteiger partial charge in [-0.05, 0) is 62.1 Å². The molecular formula is C28H31F2N3O3. The molecule has 2 atom stereocenters. The summed E-state index contributed by atoms with van der Waals surface area (Å²) in [7, 11) is 1.62. The molecule has 1 aromatic heterocycles. The van der Waals surface area contributed by atoms with Crippen molar-refractivity contribution in [1.29, 1.82) is 0 Å². The van der Waals surface area contributed by atoms with Gasteiger partial charge in [0.25, 0.3) is 0 Å². The molecule has 1 amide bonds. The number of benzene rings is 2. The van der Waals surface area contributed by atoms with E-state index < -0.39 is 23.2 Å². The smallest absolute Gasteiger partial charge is 0.236 e. The van der Waals surface area contributed by atoms with Crippen molar-refractivity contribution in [3.05, 3.63) is 77.5 Å². The number of hydrogen-bond donors (Lipinski definition) is 2. The number of aryl methyl sites for hydroxylation is 1. The van der Waals surface area contributed by atoms with Gasteiger partial charge >= 0.3 is 0 Å². The quantitative estimate of drug-likeness (QED) is 0.536. The Bertz CT molecular complexity index is 1260. The van der Waals surface area contributed by atoms with Crippen molar-refractivity contribution in [2.75, 3.05) is 30.0 Å². The number of halogens is 2. The van der Waals surface area contributed by atoms with Gasteiger partial charge in [0.15, 0.2) is 0 Å². The minimum atomic E-state index is -1.22. The number of carbonyl (C=O) groups is 1. The summed E-state index contributed by atoms with van der Waals surface area (Å²) in [5.41, 5.74) is 2.17. The Morgan fingerprint density at radius 3 is 2.44 bits per heavy atom. The van der Waals surface area contributed by atoms with Gasteiger partial charge in [-0.25, -0.2) is 13.8 Å². The number of β-amino-alcohol motifs (C(OH)–C–C–N with tert-alkyl or cyclic N) is 1. The summed E-state index contributed by atoms with van der Waals surface area (Å²) in [4.78, 5) is 21.6. The molecule has 2 heterocycles. The highest BCUT2D eigenvalue weighted by Gasteiger charge is 2.36. The van der Waals surface area contributed by atoms with Crippen LogP contribution in [0.25, 0.3) is 11.1 Å². The summed E-state index contributed by atoms with van der Waals surface area (Å²) in [6.07, 6.45) is 1.47. The molecule has 2 aromatic carbocycles. The van der Waals surface area contributed by atoms with E-state index in [-0.39, 0.29) is 24.1 Å². The first-order chi connectivity index (χ1) is 17.0. The van der Waals surface area contributed by atoms with Crippen LogP contribution in [0.5, 0.6) is 0 Å². The number of carbonyl (C=O) groups excluding carboxylic acids is 1. The largest absolute Gasteiger partial charge is 0.394 e. The Hall–Kier alpha value is -3.36. The van der Waals surface area contributed by atoms with Crippen LogP contribution in [-0.4, -0.2) is 53.4 Å². The highest BCUT2D eigenvalue weighted by Crippen LogP contribution is 2.38. The Kier molecular flexibility index (Phi) is 7.11. The highest BCUT2D eigenvalue weighted by atomic mass is 19.1. The first-order valence-electron chi connectivity index (χ1n) is 11.9. The first-order valence-corrected chi connectivity index (χ1v) is 11.9. The summed E-state index contributed by atoms with van der Waals surface area (Å²) in [5, 5.41) is 20.0. The number of hydrogen-bond acceptors (Lipinski definition) is 5. The average Bonchev–Trinajstić information content (AvgIpc) is 3.23. The summed E-state index contributed by atoms with van der Waals surface area (Å²) >= 11 is 0. The van der Waals surface area contributed by atoms with Gasteiger partial charge in [0, 0.05) is 25.2 Å². The van der Waals surface area contributed by atoms with Crippen LogP contribution in [0.1, 0.15) is 31.4 Å². The Balaban J connectivity index is 1.79. The van der Waals surface area contributed by atoms with Crippen molar-refractivity contribution in [2.45, 2.75) is 44.8 Å². The summed E-state index contributed by atoms with van der Waals surface area (Å²) in [5.74, 6) is -1.26. The number of amides is 1. The minimum Gasteiger partial charge on any atom is -0.394 e. The van der Waals surface area contributed by atoms with Crippen LogP contribution < -0.4 is 9.80 Å². The summed E-state index contributed by atoms with van der Waals surface area (Å²) < 4.78 is 27.9. The third kappa shape index (κ3) is 4.83. The van der Waals surface area contributed by atoms with Crippen molar-refractivity contribution in [3.63, 3.8) is 0 Å². The van der Waals surface area contributed by atoms with Crippen molar-refractivity contribution >= 4 is 17.4 Å². The Morgan fingerprint density at radius 1 is 1.14 bits per heavy atom. The molecule has 190 valence electrons. The van der Waals surface area contributed by atoms with E-state index in [2.05, 4.69) is 4.98 Å². The Morgan fingerprint density at radius 2 is 1.81 bits per heavy atom. The van der Waals surface area contributed by atoms with Gasteiger partial charge in [0.2, 0.25) is 5.91 Å². The van der Waals surface area contributed by atoms with E-state index in [1.54, 1.807) is 27.1 Å². The molecule has 4 rings (SSSR count). The first kappa shape index (κ1) is 25.7. The number of aliphatic hydroxyl groups excluding tert-OH is 2. The number of aliphatic hydroxyl groups is 2. The van der Waals surface area contributed by atoms with Crippen LogP contribution in [0, 0.1) is 18.6 Å². The van der Waals surface area contributed by atoms with Gasteiger partial charge in [0.05, 0.1) is 36.1 Å². The Labute approximate surface area is 209 Å². The van der Waals surface area contributed by atoms with E-state index >= 15 is 0 Å². The second-order valence-corrected chi connectivity index (χ2v) is 9.90. The molecule has 1 saturated heterocycles. The molecule has 3 aromatic rings. The second-order valence-electron chi connectivity index (χ2n) is 9.90. The molecule has 1 aliphatic rings. The molecule has 0 bridgehead atoms. The van der Waals surface area contributed by atoms with Gasteiger partial charge < -0.3 is 20.0 Å². The maximum Gasteiger partial charge on any atom is 0.236 e. The molecule has 0 spiro atoms. The molecule has 0 radical (unpaired) electrons. The fraction of sp³-hybridized carbons (Fsp3) is 0.357. The molecule has 8 heteroatoms. The zero-order chi connectivity index (χ0) is 26.2. The standard InChI is InChI=1S/C28H31F2N3O3/c1-17-7-5-6-8-23(17)24-13-26(33-15-22(35)12-21(33)16-34)31-14-25(24)32(4)27(36)28(2,3)18-9-19(29)11-20(30)10-18/h5-11,13-14,21-22,34-35H,12,15-16H2,1-4H3. The number of likely N-dealkylation sites (N-methyl/N-ethyl adjacent to an activating group) is 1. The number of anilines is 2. The van der Waals surface area contributed by atoms with Crippen LogP contribution in [0.4, 0.5) is 20.3 Å². The van der Waals surface area contributed by atoms with E-state index in [4.69, 9.17) is 0 Å². The number of aromatic nitrogens is 1. The third-order valence-corrected chi connectivity index (χ3v) is 6.99. The van der Waals surface area contributed by atoms with Crippen LogP contribution in [-0.2, 0) is 10.2 Å². The molecule has 0 saturated carbocycles. The van der Waals surface area contributed by atoms with E-state index in [0.717, 1.165) is 22.8 Å². The third-order valence-electron chi connectivity index (χ3n) is 6.99. The van der Waals surface area contributed by atoms with Crippen molar-refractivity contribution in [3.8, 4) is 11.1 Å². The zero-order valence-electron chi connectivity index (χ0n) is 20.9. The topological polar surface area (TPSA) is 76.9 Å². The molecular weight excluding hydrogens is 464 g/mol. The molecule has 2 N–H and O–H groups in total. The number of rotatable bonds is 6. The summed E-state index contributed by atoms with van der Waals surface area (Å²) in [6.45, 7) is 5.46. The highest BCUT2D eigenvalue weighted by molar-refractivity contribution is 6.03. The molecule has 36 heavy (non-hydrogen) atoms. The second kappa shape index (κ2) is 9.95. The monoisotopic (exact) mass is 495 g/mol. The van der Waals surface area contributed by atoms with Gasteiger partial charge in [0.1, 0.15) is 17.5 Å². The average molecular weight is 496 g/mol. The van der Waals surface area contributed by atoms with Gasteiger partial charge in [-0.2, -0.15) is 0 Å². The van der Waals surface area contributed by atoms with Crippen LogP contribution >= 0.6 is 0 Å². The number of pyridine rings is 1. The fourth-order valence-corrected chi connectivity index (χ4v) is 4.86. The molecule has 2 unspecified atom stereocenters. The molecule has 6 nitrogen and oxygen atoms in total. The predicted molar refractivity (Wildman–Crippen MR) is 136 cm³/mol. The predicted octanol–water partition coefficient (Wildman–Crippen LogP) is 4.21. The van der Waals surface area contributed by atoms with Gasteiger partial charge in [-0.3, -0.25) is 4.79 Å². The maximum absolute atomic E-state index is 13.9. The normalized spacial score (nSPS) is 17.9. The van der Waals surface area contributed by atoms with E-state index in [0.29, 0.717) is 24.5 Å². The lowest BCUT2D eigenvalue weighted by molar-refractivity contribution is -0.122. The van der Waals surface area contributed by atoms with E-state index in [1.807, 2.05) is 42.2 Å². The molecule has 1 fully saturated rings. The van der Waals surface area contributed by atoms with Crippen LogP contribution in [0.3, 0.4) is 0 Å². The van der Waals surface area contributed by atoms with Crippen LogP contribution in [0.15, 0.2) is 54.7 Å². The molecule has 1 aliphatic heterocycles. The van der Waals surface area contributed by atoms with E-state index in [1.165, 1.54) is 17.0 Å². The van der Waals surface area contributed by atoms with Crippen molar-refractivity contribution in [2.24, 2.45) is 0 Å². The van der Waals surface area contributed by atoms with Gasteiger partial charge in [-0.15, -0.1) is 0 Å². The molecule has 0 aliphatic carbocycles. The van der Waals surface area contributed by atoms with Gasteiger partial charge in [-0.1, -0.05) is 24.3 Å². The lowest BCUT2D eigenvalue weighted by Crippen LogP contribution is -2.42. The maximum atomic E-state index is 13.9. The summed E-state index contributed by atoms with van der Waals surface area (Å²) in [6, 6.07) is 12.5. The number of nitrogens with zero attached hydrogens (tertiary/aromatic N) is 3. The minimum absolute atomic E-state index is 0.114. The SMILES string of the molecule is Cc1ccccc1-c1cc(N2CC(O)CC2CO)ncc1N(C)C(=O)C(C)(C)c1cc(F)cc(F)c1. The fourth-order valence-electron chi connectivity index (χ4n) is 4.86. The lowest BCUT2D eigenvalue weighted by atomic mass is 9.83. The van der Waals surface area contributed by atoms with Crippen molar-refractivity contribution < 1.29 is 23.8 Å².